The second-order valence-corrected chi connectivity index (χ2v) is 7.75. The summed E-state index contributed by atoms with van der Waals surface area (Å²) in [5, 5.41) is 16.7. The summed E-state index contributed by atoms with van der Waals surface area (Å²) in [5.74, 6) is 2.12. The van der Waals surface area contributed by atoms with Crippen molar-refractivity contribution in [1.29, 1.82) is 10.5 Å². The number of allylic oxidation sites excluding steroid dienone is 3. The summed E-state index contributed by atoms with van der Waals surface area (Å²) in [4.78, 5) is 0. The molecule has 3 nitrogen and oxygen atoms in total. The Kier molecular flexibility index (Phi) is 12.6. The van der Waals surface area contributed by atoms with Crippen molar-refractivity contribution in [1.82, 2.24) is 5.32 Å². The summed E-state index contributed by atoms with van der Waals surface area (Å²) in [6.07, 6.45) is 12.0. The van der Waals surface area contributed by atoms with E-state index < -0.39 is 7.26 Å². The average Bonchev–Trinajstić information content (AvgIpc) is 2.32. The fourth-order valence-corrected chi connectivity index (χ4v) is 4.11. The van der Waals surface area contributed by atoms with Gasteiger partial charge in [0, 0.05) is 0 Å². The Balaban J connectivity index is 0. The summed E-state index contributed by atoms with van der Waals surface area (Å²) in [7, 11) is -1.36. The summed E-state index contributed by atoms with van der Waals surface area (Å²) in [6.45, 7) is 15.2. The largest absolute Gasteiger partial charge is 0.229 e. The standard InChI is InChI=1S/C11H19P.C2HN3/c1-5-9-12(8-4,10-6-2)11-7-3;3-1-5-2-4/h5-8,12H,1-4,9-11H2;5H. The van der Waals surface area contributed by atoms with Crippen molar-refractivity contribution >= 4 is 7.26 Å². The van der Waals surface area contributed by atoms with Crippen molar-refractivity contribution in [2.24, 2.45) is 0 Å². The van der Waals surface area contributed by atoms with Crippen LogP contribution in [0, 0.1) is 22.9 Å². The molecule has 0 bridgehead atoms. The molecule has 1 N–H and O–H groups in total. The number of rotatable bonds is 7. The molecule has 0 aromatic carbocycles. The van der Waals surface area contributed by atoms with Crippen LogP contribution >= 0.6 is 7.26 Å². The predicted molar refractivity (Wildman–Crippen MR) is 78.1 cm³/mol. The van der Waals surface area contributed by atoms with Gasteiger partial charge in [0.25, 0.3) is 0 Å². The monoisotopic (exact) mass is 249 g/mol. The van der Waals surface area contributed by atoms with E-state index in [-0.39, 0.29) is 0 Å². The molecule has 4 heteroatoms. The van der Waals surface area contributed by atoms with E-state index in [1.54, 1.807) is 5.32 Å². The summed E-state index contributed by atoms with van der Waals surface area (Å²) in [6, 6.07) is 0. The normalized spacial score (nSPS) is 9.29. The molecule has 0 radical (unpaired) electrons. The third kappa shape index (κ3) is 9.12. The number of hydrogen-bond donors (Lipinski definition) is 1. The molecule has 0 aromatic rings. The van der Waals surface area contributed by atoms with Gasteiger partial charge in [0.15, 0.2) is 12.4 Å². The van der Waals surface area contributed by atoms with Gasteiger partial charge in [0.05, 0.1) is 0 Å². The molecular weight excluding hydrogens is 229 g/mol. The van der Waals surface area contributed by atoms with Crippen LogP contribution < -0.4 is 5.32 Å². The van der Waals surface area contributed by atoms with Gasteiger partial charge >= 0.3 is 76.1 Å². The van der Waals surface area contributed by atoms with Crippen molar-refractivity contribution in [3.05, 3.63) is 50.4 Å². The molecule has 0 heterocycles. The van der Waals surface area contributed by atoms with Crippen LogP contribution in [0.3, 0.4) is 0 Å². The minimum atomic E-state index is -1.36. The number of nitriles is 2. The predicted octanol–water partition coefficient (Wildman–Crippen LogP) is 2.98. The molecular formula is C13H20N3P. The molecule has 0 aliphatic rings. The van der Waals surface area contributed by atoms with Crippen LogP contribution in [0.15, 0.2) is 50.4 Å². The van der Waals surface area contributed by atoms with E-state index in [0.717, 1.165) is 18.5 Å². The van der Waals surface area contributed by atoms with Crippen molar-refractivity contribution in [2.45, 2.75) is 0 Å². The van der Waals surface area contributed by atoms with Crippen LogP contribution in [-0.4, -0.2) is 18.5 Å². The first kappa shape index (κ1) is 17.6. The molecule has 0 spiro atoms. The first-order valence-corrected chi connectivity index (χ1v) is 7.85. The maximum absolute atomic E-state index is 7.48. The molecule has 0 saturated carbocycles. The summed E-state index contributed by atoms with van der Waals surface area (Å²) in [5.41, 5.74) is 0. The molecule has 0 atom stereocenters. The van der Waals surface area contributed by atoms with Gasteiger partial charge in [-0.15, -0.1) is 0 Å². The van der Waals surface area contributed by atoms with Gasteiger partial charge in [-0.2, -0.15) is 10.5 Å². The zero-order valence-corrected chi connectivity index (χ0v) is 11.2. The van der Waals surface area contributed by atoms with E-state index in [2.05, 4.69) is 32.1 Å². The third-order valence-electron chi connectivity index (χ3n) is 2.20. The fourth-order valence-electron chi connectivity index (χ4n) is 1.39. The number of hydrogen-bond acceptors (Lipinski definition) is 3. The van der Waals surface area contributed by atoms with Crippen LogP contribution in [0.4, 0.5) is 0 Å². The van der Waals surface area contributed by atoms with E-state index in [0.29, 0.717) is 0 Å². The van der Waals surface area contributed by atoms with Crippen LogP contribution in [0.25, 0.3) is 0 Å². The van der Waals surface area contributed by atoms with E-state index >= 15 is 0 Å². The molecule has 92 valence electrons. The van der Waals surface area contributed by atoms with Crippen molar-refractivity contribution in [3.8, 4) is 12.4 Å². The fraction of sp³-hybridized carbons (Fsp3) is 0.231. The van der Waals surface area contributed by atoms with Crippen molar-refractivity contribution < 1.29 is 0 Å². The second kappa shape index (κ2) is 12.2. The minimum Gasteiger partial charge on any atom is -0.229 e. The van der Waals surface area contributed by atoms with Crippen LogP contribution in [-0.2, 0) is 0 Å². The van der Waals surface area contributed by atoms with Crippen LogP contribution in [0.1, 0.15) is 0 Å². The summed E-state index contributed by atoms with van der Waals surface area (Å²) < 4.78 is 0. The van der Waals surface area contributed by atoms with Crippen LogP contribution in [0.5, 0.6) is 0 Å². The molecule has 0 saturated heterocycles. The van der Waals surface area contributed by atoms with Gasteiger partial charge in [-0.1, -0.05) is 0 Å². The van der Waals surface area contributed by atoms with Gasteiger partial charge in [0.1, 0.15) is 0 Å². The molecule has 0 aliphatic carbocycles. The molecule has 0 rings (SSSR count). The van der Waals surface area contributed by atoms with Crippen molar-refractivity contribution in [2.75, 3.05) is 18.5 Å². The second-order valence-electron chi connectivity index (χ2n) is 3.39. The smallest absolute Gasteiger partial charge is 0.190 e. The van der Waals surface area contributed by atoms with Crippen molar-refractivity contribution in [3.63, 3.8) is 0 Å². The number of nitrogens with one attached hydrogen (secondary N) is 1. The molecule has 0 fully saturated rings. The molecule has 0 unspecified atom stereocenters. The Morgan fingerprint density at radius 2 is 1.24 bits per heavy atom. The van der Waals surface area contributed by atoms with E-state index in [9.17, 15) is 0 Å². The zero-order chi connectivity index (χ0) is 13.6. The topological polar surface area (TPSA) is 59.6 Å². The average molecular weight is 249 g/mol. The van der Waals surface area contributed by atoms with Gasteiger partial charge in [-0.05, 0) is 0 Å². The molecule has 0 aliphatic heterocycles. The van der Waals surface area contributed by atoms with Gasteiger partial charge in [-0.25, -0.2) is 5.32 Å². The first-order chi connectivity index (χ1) is 8.16. The minimum absolute atomic E-state index is 1.08. The Morgan fingerprint density at radius 3 is 1.35 bits per heavy atom. The van der Waals surface area contributed by atoms with E-state index in [1.165, 1.54) is 12.4 Å². The van der Waals surface area contributed by atoms with E-state index in [1.807, 2.05) is 18.2 Å². The first-order valence-electron chi connectivity index (χ1n) is 5.15. The zero-order valence-electron chi connectivity index (χ0n) is 10.2. The van der Waals surface area contributed by atoms with Gasteiger partial charge < -0.3 is 0 Å². The van der Waals surface area contributed by atoms with E-state index in [4.69, 9.17) is 10.5 Å². The molecule has 0 amide bonds. The number of nitrogens with zero attached hydrogens (tertiary/aromatic N) is 2. The maximum Gasteiger partial charge on any atom is 0.190 e. The third-order valence-corrected chi connectivity index (χ3v) is 6.37. The van der Waals surface area contributed by atoms with Crippen LogP contribution in [0.2, 0.25) is 0 Å². The quantitative estimate of drug-likeness (QED) is 0.326. The Morgan fingerprint density at radius 1 is 0.882 bits per heavy atom. The molecule has 17 heavy (non-hydrogen) atoms. The van der Waals surface area contributed by atoms with Gasteiger partial charge in [-0.3, -0.25) is 0 Å². The Labute approximate surface area is 105 Å². The summed E-state index contributed by atoms with van der Waals surface area (Å²) >= 11 is 0. The SMILES string of the molecule is C=CC[PH](C=C)(CC=C)CC=C.N#CNC#N. The maximum atomic E-state index is 7.48. The molecule has 0 aromatic heterocycles. The van der Waals surface area contributed by atoms with Gasteiger partial charge in [0.2, 0.25) is 0 Å². The Hall–Kier alpha value is -1.83. The Bertz CT molecular complexity index is 295.